The van der Waals surface area contributed by atoms with E-state index in [4.69, 9.17) is 13.0 Å². The molecule has 0 aromatic heterocycles. The van der Waals surface area contributed by atoms with E-state index in [1.54, 1.807) is 0 Å². The third-order valence-electron chi connectivity index (χ3n) is 0.789. The van der Waals surface area contributed by atoms with Crippen LogP contribution in [0.4, 0.5) is 0 Å². The first-order valence-electron chi connectivity index (χ1n) is 2.16. The van der Waals surface area contributed by atoms with Crippen LogP contribution in [-0.2, 0) is 0 Å². The van der Waals surface area contributed by atoms with Crippen LogP contribution in [0.3, 0.4) is 0 Å². The minimum Gasteiger partial charge on any atom is -0.119 e. The maximum absolute atomic E-state index is 5.15. The molecule has 0 aromatic rings. The molecule has 0 heterocycles. The zero-order chi connectivity index (χ0) is 5.91. The molecule has 0 rings (SSSR count). The molecule has 0 spiro atoms. The lowest BCUT2D eigenvalue weighted by Crippen LogP contribution is -2.00. The summed E-state index contributed by atoms with van der Waals surface area (Å²) in [5.41, 5.74) is -0.236. The Morgan fingerprint density at radius 1 is 1.57 bits per heavy atom. The van der Waals surface area contributed by atoms with Gasteiger partial charge in [-0.1, -0.05) is 18.6 Å². The zero-order valence-electron chi connectivity index (χ0n) is 4.73. The molecule has 0 N–H and O–H groups in total. The van der Waals surface area contributed by atoms with Crippen LogP contribution in [0.1, 0.15) is 13.8 Å². The van der Waals surface area contributed by atoms with Gasteiger partial charge in [0.2, 0.25) is 0 Å². The van der Waals surface area contributed by atoms with Gasteiger partial charge in [0.15, 0.2) is 0 Å². The molecule has 0 aliphatic rings. The Hall–Kier alpha value is -0.700. The molecule has 37 valence electrons. The first-order chi connectivity index (χ1) is 3.12. The molecule has 0 amide bonds. The summed E-state index contributed by atoms with van der Waals surface area (Å²) in [5.74, 6) is 2.51. The molecular formula is C7H9. The Morgan fingerprint density at radius 2 is 2.00 bits per heavy atom. The summed E-state index contributed by atoms with van der Waals surface area (Å²) in [5, 5.41) is 0. The highest BCUT2D eigenvalue weighted by Crippen LogP contribution is 2.11. The van der Waals surface area contributed by atoms with Gasteiger partial charge in [0, 0.05) is 5.41 Å². The molecule has 1 radical (unpaired) electrons. The first-order valence-corrected chi connectivity index (χ1v) is 2.16. The molecule has 0 unspecified atom stereocenters. The van der Waals surface area contributed by atoms with Gasteiger partial charge in [-0.15, -0.1) is 6.42 Å². The van der Waals surface area contributed by atoms with Crippen LogP contribution in [0.5, 0.6) is 0 Å². The van der Waals surface area contributed by atoms with Crippen LogP contribution >= 0.6 is 0 Å². The topological polar surface area (TPSA) is 0 Å². The Labute approximate surface area is 45.2 Å². The minimum atomic E-state index is -0.236. The molecule has 0 aliphatic carbocycles. The highest BCUT2D eigenvalue weighted by molar-refractivity contribution is 5.08. The van der Waals surface area contributed by atoms with Gasteiger partial charge in [-0.05, 0) is 13.8 Å². The van der Waals surface area contributed by atoms with Crippen molar-refractivity contribution >= 4 is 0 Å². The second-order valence-corrected chi connectivity index (χ2v) is 2.03. The second kappa shape index (κ2) is 1.84. The van der Waals surface area contributed by atoms with Crippen molar-refractivity contribution < 1.29 is 0 Å². The average molecular weight is 93.1 g/mol. The summed E-state index contributed by atoms with van der Waals surface area (Å²) in [6, 6.07) is 0. The number of hydrogen-bond donors (Lipinski definition) is 0. The van der Waals surface area contributed by atoms with Crippen molar-refractivity contribution in [2.24, 2.45) is 5.41 Å². The average Bonchev–Trinajstić information content (AvgIpc) is 1.68. The minimum absolute atomic E-state index is 0.236. The van der Waals surface area contributed by atoms with Crippen molar-refractivity contribution in [3.63, 3.8) is 0 Å². The fourth-order valence-electron chi connectivity index (χ4n) is 0.0481. The Morgan fingerprint density at radius 3 is 2.00 bits per heavy atom. The monoisotopic (exact) mass is 93.1 g/mol. The van der Waals surface area contributed by atoms with Crippen molar-refractivity contribution in [2.45, 2.75) is 13.8 Å². The van der Waals surface area contributed by atoms with E-state index in [1.165, 1.54) is 6.08 Å². The number of hydrogen-bond acceptors (Lipinski definition) is 0. The van der Waals surface area contributed by atoms with E-state index in [0.717, 1.165) is 0 Å². The maximum atomic E-state index is 5.15. The van der Waals surface area contributed by atoms with Crippen molar-refractivity contribution in [3.8, 4) is 12.3 Å². The summed E-state index contributed by atoms with van der Waals surface area (Å²) in [7, 11) is 0. The SMILES string of the molecule is [CH]=CC(C)(C)C#C. The van der Waals surface area contributed by atoms with Crippen LogP contribution in [0, 0.1) is 24.3 Å². The van der Waals surface area contributed by atoms with E-state index in [1.807, 2.05) is 13.8 Å². The molecule has 0 saturated carbocycles. The molecular weight excluding hydrogens is 84.1 g/mol. The predicted octanol–water partition coefficient (Wildman–Crippen LogP) is 1.63. The molecule has 0 nitrogen and oxygen atoms in total. The highest BCUT2D eigenvalue weighted by atomic mass is 14.1. The number of terminal acetylenes is 1. The molecule has 0 heteroatoms. The van der Waals surface area contributed by atoms with E-state index >= 15 is 0 Å². The van der Waals surface area contributed by atoms with Crippen molar-refractivity contribution in [1.82, 2.24) is 0 Å². The van der Waals surface area contributed by atoms with Crippen LogP contribution < -0.4 is 0 Å². The van der Waals surface area contributed by atoms with Crippen LogP contribution in [0.15, 0.2) is 6.08 Å². The lowest BCUT2D eigenvalue weighted by atomic mass is 9.96. The fourth-order valence-corrected chi connectivity index (χ4v) is 0.0481. The standard InChI is InChI=1S/C7H9/c1-5-7(3,4)6-2/h1-2,5H,3-4H3. The van der Waals surface area contributed by atoms with Crippen molar-refractivity contribution in [2.75, 3.05) is 0 Å². The summed E-state index contributed by atoms with van der Waals surface area (Å²) in [6.07, 6.45) is 6.56. The van der Waals surface area contributed by atoms with Gasteiger partial charge < -0.3 is 0 Å². The predicted molar refractivity (Wildman–Crippen MR) is 31.5 cm³/mol. The van der Waals surface area contributed by atoms with Gasteiger partial charge in [0.1, 0.15) is 0 Å². The van der Waals surface area contributed by atoms with Crippen molar-refractivity contribution in [1.29, 1.82) is 0 Å². The van der Waals surface area contributed by atoms with Gasteiger partial charge in [-0.3, -0.25) is 0 Å². The van der Waals surface area contributed by atoms with Crippen LogP contribution in [-0.4, -0.2) is 0 Å². The van der Waals surface area contributed by atoms with E-state index in [-0.39, 0.29) is 5.41 Å². The normalized spacial score (nSPS) is 9.86. The highest BCUT2D eigenvalue weighted by Gasteiger charge is 2.04. The van der Waals surface area contributed by atoms with Gasteiger partial charge in [-0.2, -0.15) is 0 Å². The van der Waals surface area contributed by atoms with E-state index in [9.17, 15) is 0 Å². The molecule has 0 atom stereocenters. The summed E-state index contributed by atoms with van der Waals surface area (Å²) in [6.45, 7) is 8.91. The van der Waals surface area contributed by atoms with Crippen molar-refractivity contribution in [3.05, 3.63) is 12.7 Å². The number of rotatable bonds is 1. The Kier molecular flexibility index (Phi) is 1.66. The summed E-state index contributed by atoms with van der Waals surface area (Å²) >= 11 is 0. The van der Waals surface area contributed by atoms with Crippen LogP contribution in [0.25, 0.3) is 0 Å². The molecule has 0 saturated heterocycles. The Balaban J connectivity index is 3.91. The molecule has 0 aliphatic heterocycles. The smallest absolute Gasteiger partial charge is 0.0437 e. The molecule has 7 heavy (non-hydrogen) atoms. The second-order valence-electron chi connectivity index (χ2n) is 2.03. The third kappa shape index (κ3) is 2.05. The third-order valence-corrected chi connectivity index (χ3v) is 0.789. The Bertz CT molecular complexity index is 102. The molecule has 0 fully saturated rings. The quantitative estimate of drug-likeness (QED) is 0.432. The van der Waals surface area contributed by atoms with Crippen LogP contribution in [0.2, 0.25) is 0 Å². The molecule has 0 bridgehead atoms. The van der Waals surface area contributed by atoms with Gasteiger partial charge in [0.25, 0.3) is 0 Å². The van der Waals surface area contributed by atoms with Gasteiger partial charge in [-0.25, -0.2) is 0 Å². The number of allylic oxidation sites excluding steroid dienone is 1. The van der Waals surface area contributed by atoms with E-state index in [2.05, 4.69) is 5.92 Å². The van der Waals surface area contributed by atoms with Gasteiger partial charge in [0.05, 0.1) is 0 Å². The van der Waals surface area contributed by atoms with Gasteiger partial charge >= 0.3 is 0 Å². The fraction of sp³-hybridized carbons (Fsp3) is 0.429. The lowest BCUT2D eigenvalue weighted by Gasteiger charge is -2.07. The van der Waals surface area contributed by atoms with E-state index in [0.29, 0.717) is 0 Å². The molecule has 0 aromatic carbocycles. The lowest BCUT2D eigenvalue weighted by molar-refractivity contribution is 0.657. The first kappa shape index (κ1) is 6.30. The zero-order valence-corrected chi connectivity index (χ0v) is 4.73. The largest absolute Gasteiger partial charge is 0.119 e. The maximum Gasteiger partial charge on any atom is 0.0437 e. The summed E-state index contributed by atoms with van der Waals surface area (Å²) < 4.78 is 0. The van der Waals surface area contributed by atoms with E-state index < -0.39 is 0 Å². The summed E-state index contributed by atoms with van der Waals surface area (Å²) in [4.78, 5) is 0.